The fourth-order valence-electron chi connectivity index (χ4n) is 3.67. The van der Waals surface area contributed by atoms with Gasteiger partial charge in [-0.15, -0.1) is 22.7 Å². The maximum Gasteiger partial charge on any atom is 0.0434 e. The number of aryl methyl sites for hydroxylation is 1. The Morgan fingerprint density at radius 3 is 2.44 bits per heavy atom. The summed E-state index contributed by atoms with van der Waals surface area (Å²) in [6, 6.07) is 13.4. The Balaban J connectivity index is 2.15. The van der Waals surface area contributed by atoms with Crippen LogP contribution in [0.4, 0.5) is 0 Å². The smallest absolute Gasteiger partial charge is 0.0434 e. The molecule has 0 fully saturated rings. The second-order valence-corrected chi connectivity index (χ2v) is 8.72. The van der Waals surface area contributed by atoms with E-state index in [0.717, 1.165) is 5.57 Å². The molecular formula is C25H22S2. The van der Waals surface area contributed by atoms with Gasteiger partial charge in [0.05, 0.1) is 0 Å². The number of hydrogen-bond acceptors (Lipinski definition) is 2. The van der Waals surface area contributed by atoms with Gasteiger partial charge in [0.25, 0.3) is 0 Å². The monoisotopic (exact) mass is 386 g/mol. The molecule has 0 atom stereocenters. The van der Waals surface area contributed by atoms with Crippen LogP contribution in [-0.2, 0) is 0 Å². The fraction of sp³-hybridized carbons (Fsp3) is 0.120. The summed E-state index contributed by atoms with van der Waals surface area (Å²) in [7, 11) is 0. The molecule has 27 heavy (non-hydrogen) atoms. The van der Waals surface area contributed by atoms with E-state index in [9.17, 15) is 0 Å². The van der Waals surface area contributed by atoms with E-state index in [1.54, 1.807) is 0 Å². The zero-order valence-electron chi connectivity index (χ0n) is 15.9. The first-order valence-electron chi connectivity index (χ1n) is 9.08. The zero-order chi connectivity index (χ0) is 19.0. The zero-order valence-corrected chi connectivity index (χ0v) is 17.5. The third kappa shape index (κ3) is 3.20. The van der Waals surface area contributed by atoms with Crippen molar-refractivity contribution in [1.29, 1.82) is 0 Å². The van der Waals surface area contributed by atoms with Crippen LogP contribution in [0, 0.1) is 6.92 Å². The van der Waals surface area contributed by atoms with Gasteiger partial charge in [-0.3, -0.25) is 0 Å². The lowest BCUT2D eigenvalue weighted by Gasteiger charge is -2.13. The lowest BCUT2D eigenvalue weighted by Crippen LogP contribution is -1.89. The fourth-order valence-corrected chi connectivity index (χ4v) is 5.63. The molecule has 0 nitrogen and oxygen atoms in total. The average Bonchev–Trinajstić information content (AvgIpc) is 3.28. The predicted octanol–water partition coefficient (Wildman–Crippen LogP) is 8.63. The van der Waals surface area contributed by atoms with Gasteiger partial charge in [0.2, 0.25) is 0 Å². The van der Waals surface area contributed by atoms with Crippen LogP contribution in [0.2, 0.25) is 0 Å². The summed E-state index contributed by atoms with van der Waals surface area (Å²) in [5.41, 5.74) is 7.58. The number of thiophene rings is 2. The highest BCUT2D eigenvalue weighted by Gasteiger charge is 2.18. The van der Waals surface area contributed by atoms with Crippen LogP contribution < -0.4 is 0 Å². The van der Waals surface area contributed by atoms with Gasteiger partial charge in [-0.05, 0) is 54.8 Å². The molecule has 4 rings (SSSR count). The molecule has 2 heteroatoms. The van der Waals surface area contributed by atoms with E-state index in [4.69, 9.17) is 0 Å². The average molecular weight is 387 g/mol. The van der Waals surface area contributed by atoms with Gasteiger partial charge in [0.15, 0.2) is 0 Å². The molecule has 0 radical (unpaired) electrons. The number of rotatable bonds is 4. The quantitative estimate of drug-likeness (QED) is 0.308. The summed E-state index contributed by atoms with van der Waals surface area (Å²) in [5, 5.41) is 7.10. The summed E-state index contributed by atoms with van der Waals surface area (Å²) < 4.78 is 2.71. The second-order valence-electron chi connectivity index (χ2n) is 6.89. The third-order valence-electron chi connectivity index (χ3n) is 4.67. The third-order valence-corrected chi connectivity index (χ3v) is 6.53. The molecule has 2 aromatic heterocycles. The highest BCUT2D eigenvalue weighted by molar-refractivity contribution is 7.19. The maximum absolute atomic E-state index is 4.11. The molecule has 0 aliphatic carbocycles. The topological polar surface area (TPSA) is 0 Å². The first-order valence-corrected chi connectivity index (χ1v) is 10.8. The predicted molar refractivity (Wildman–Crippen MR) is 125 cm³/mol. The molecule has 0 bridgehead atoms. The summed E-state index contributed by atoms with van der Waals surface area (Å²) in [4.78, 5) is 0. The van der Waals surface area contributed by atoms with Crippen molar-refractivity contribution in [2.24, 2.45) is 0 Å². The van der Waals surface area contributed by atoms with Crippen molar-refractivity contribution in [1.82, 2.24) is 0 Å². The van der Waals surface area contributed by atoms with Crippen LogP contribution in [0.5, 0.6) is 0 Å². The molecule has 4 aromatic rings. The number of benzene rings is 2. The van der Waals surface area contributed by atoms with Crippen LogP contribution in [0.25, 0.3) is 36.9 Å². The lowest BCUT2D eigenvalue weighted by molar-refractivity contribution is 1.48. The van der Waals surface area contributed by atoms with Crippen LogP contribution >= 0.6 is 22.7 Å². The van der Waals surface area contributed by atoms with Crippen molar-refractivity contribution < 1.29 is 0 Å². The molecule has 0 saturated heterocycles. The van der Waals surface area contributed by atoms with Crippen molar-refractivity contribution in [3.05, 3.63) is 88.7 Å². The van der Waals surface area contributed by atoms with Crippen molar-refractivity contribution in [2.75, 3.05) is 0 Å². The van der Waals surface area contributed by atoms with Gasteiger partial charge in [0, 0.05) is 31.3 Å². The normalized spacial score (nSPS) is 12.5. The Bertz CT molecular complexity index is 1160. The van der Waals surface area contributed by atoms with E-state index in [0.29, 0.717) is 0 Å². The van der Waals surface area contributed by atoms with E-state index >= 15 is 0 Å². The minimum atomic E-state index is 1.07. The molecule has 2 aromatic carbocycles. The van der Waals surface area contributed by atoms with Crippen LogP contribution in [0.1, 0.15) is 25.0 Å². The summed E-state index contributed by atoms with van der Waals surface area (Å²) >= 11 is 3.66. The molecule has 134 valence electrons. The molecule has 0 amide bonds. The van der Waals surface area contributed by atoms with E-state index in [-0.39, 0.29) is 0 Å². The minimum absolute atomic E-state index is 1.07. The Hall–Kier alpha value is -2.42. The molecule has 0 N–H and O–H groups in total. The molecule has 0 aliphatic rings. The van der Waals surface area contributed by atoms with Crippen molar-refractivity contribution >= 4 is 48.4 Å². The Kier molecular flexibility index (Phi) is 4.86. The molecule has 0 saturated carbocycles. The minimum Gasteiger partial charge on any atom is -0.143 e. The molecular weight excluding hydrogens is 364 g/mol. The Morgan fingerprint density at radius 2 is 1.74 bits per heavy atom. The van der Waals surface area contributed by atoms with Crippen LogP contribution in [0.3, 0.4) is 0 Å². The van der Waals surface area contributed by atoms with E-state index in [1.165, 1.54) is 48.0 Å². The highest BCUT2D eigenvalue weighted by atomic mass is 32.1. The van der Waals surface area contributed by atoms with Crippen LogP contribution in [-0.4, -0.2) is 0 Å². The number of fused-ring (bicyclic) bond motifs is 2. The van der Waals surface area contributed by atoms with Gasteiger partial charge >= 0.3 is 0 Å². The van der Waals surface area contributed by atoms with Gasteiger partial charge in [-0.25, -0.2) is 0 Å². The van der Waals surface area contributed by atoms with Crippen molar-refractivity contribution in [3.8, 4) is 11.1 Å². The van der Waals surface area contributed by atoms with Crippen molar-refractivity contribution in [2.45, 2.75) is 20.8 Å². The summed E-state index contributed by atoms with van der Waals surface area (Å²) in [5.74, 6) is 0. The first kappa shape index (κ1) is 18.0. The van der Waals surface area contributed by atoms with E-state index < -0.39 is 0 Å². The SMILES string of the molecule is C=C(C)/C=C(\C=C/C)c1c2ccsc2c(-c2cccc(C)c2)c2ccsc12. The standard InChI is InChI=1S/C25H22S2/c1-5-7-18(14-16(2)3)22-20-10-12-27-25(20)23(21-11-13-26-24(21)22)19-9-6-8-17(4)15-19/h5-15H,2H2,1,3-4H3/b7-5-,18-14+. The lowest BCUT2D eigenvalue weighted by atomic mass is 9.92. The van der Waals surface area contributed by atoms with Gasteiger partial charge in [0.1, 0.15) is 0 Å². The molecule has 0 aliphatic heterocycles. The van der Waals surface area contributed by atoms with Crippen LogP contribution in [0.15, 0.2) is 77.5 Å². The van der Waals surface area contributed by atoms with Gasteiger partial charge in [-0.2, -0.15) is 0 Å². The van der Waals surface area contributed by atoms with Crippen molar-refractivity contribution in [3.63, 3.8) is 0 Å². The van der Waals surface area contributed by atoms with Gasteiger partial charge in [-0.1, -0.05) is 60.2 Å². The Morgan fingerprint density at radius 1 is 1.00 bits per heavy atom. The maximum atomic E-state index is 4.11. The first-order chi connectivity index (χ1) is 13.1. The Labute approximate surface area is 168 Å². The largest absolute Gasteiger partial charge is 0.143 e. The molecule has 0 spiro atoms. The molecule has 2 heterocycles. The van der Waals surface area contributed by atoms with E-state index in [2.05, 4.69) is 92.7 Å². The van der Waals surface area contributed by atoms with Gasteiger partial charge < -0.3 is 0 Å². The van der Waals surface area contributed by atoms with E-state index in [1.807, 2.05) is 22.7 Å². The number of hydrogen-bond donors (Lipinski definition) is 0. The second kappa shape index (κ2) is 7.30. The summed E-state index contributed by atoms with van der Waals surface area (Å²) in [6.45, 7) is 10.4. The molecule has 0 unspecified atom stereocenters. The number of allylic oxidation sites excluding steroid dienone is 5. The summed E-state index contributed by atoms with van der Waals surface area (Å²) in [6.07, 6.45) is 6.51. The highest BCUT2D eigenvalue weighted by Crippen LogP contribution is 2.46.